The zero-order valence-electron chi connectivity index (χ0n) is 76.7. The van der Waals surface area contributed by atoms with Crippen molar-refractivity contribution in [2.75, 3.05) is 0 Å². The molecule has 12 heteroatoms. The molecule has 0 spiro atoms. The van der Waals surface area contributed by atoms with E-state index in [1.165, 1.54) is 17.5 Å². The number of benzene rings is 8. The molecule has 23 rings (SSSR count). The number of rotatable bonds is 10. The number of pyridine rings is 8. The summed E-state index contributed by atoms with van der Waals surface area (Å²) in [5.74, 6) is -0.941. The molecule has 0 bridgehead atoms. The number of furan rings is 4. The number of aromatic nitrogens is 8. The Hall–Kier alpha value is -12.8. The van der Waals surface area contributed by atoms with Crippen LogP contribution in [0.4, 0.5) is 0 Å². The van der Waals surface area contributed by atoms with Gasteiger partial charge in [-0.3, -0.25) is 0 Å². The lowest BCUT2D eigenvalue weighted by Gasteiger charge is -2.21. The van der Waals surface area contributed by atoms with E-state index in [4.69, 9.17) is 45.8 Å². The molecule has 0 radical (unpaired) electrons. The van der Waals surface area contributed by atoms with Gasteiger partial charge in [-0.1, -0.05) is 144 Å². The Labute approximate surface area is 714 Å². The van der Waals surface area contributed by atoms with Crippen molar-refractivity contribution < 1.29 is 44.2 Å². The first-order valence-corrected chi connectivity index (χ1v) is 43.1. The second kappa shape index (κ2) is 32.1. The molecule has 8 aromatic carbocycles. The van der Waals surface area contributed by atoms with Crippen molar-refractivity contribution in [2.24, 2.45) is 40.0 Å². The van der Waals surface area contributed by atoms with Gasteiger partial charge >= 0.3 is 0 Å². The number of aryl methyl sites for hydroxylation is 8. The monoisotopic (exact) mass is 1590 g/mol. The molecule has 12 aromatic heterocycles. The molecule has 0 saturated heterocycles. The fourth-order valence-electron chi connectivity index (χ4n) is 18.9. The Balaban J connectivity index is 0.000000107. The Morgan fingerprint density at radius 3 is 0.959 bits per heavy atom. The average Bonchev–Trinajstić information content (AvgIpc) is 1.21. The van der Waals surface area contributed by atoms with Crippen molar-refractivity contribution in [3.05, 3.63) is 288 Å². The Kier molecular flexibility index (Phi) is 18.6. The lowest BCUT2D eigenvalue weighted by Crippen LogP contribution is -2.31. The van der Waals surface area contributed by atoms with Crippen LogP contribution in [0.25, 0.3) is 177 Å². The SMILES string of the molecule is [2H]C([2H])(c1cc[n+](C)c(-c2cc3c(cc2C)oc2nc4ccccc4cc23)c1)C(C)C.[2H]C([2H])(c1cc[n+](C)c(-c2cc3c(cc2C)oc2nc4ccccc4cc23)c1)C1CCCC1.[2H]C1(c2cc[n+](C)c(-c3cc4c(cc3C)oc3nc5ccccc5cc34)c2)CCCC1.[2H]C1(c2cc[n+](C)c(-c3cc4c(cc3C)oc3nc5ccccc5cc34)c2)CCCCC1. The largest absolute Gasteiger partial charge is 0.438 e. The predicted molar refractivity (Wildman–Crippen MR) is 493 cm³/mol. The summed E-state index contributed by atoms with van der Waals surface area (Å²) in [6, 6.07) is 74.8. The summed E-state index contributed by atoms with van der Waals surface area (Å²) < 4.78 is 85.8. The number of hydrogen-bond acceptors (Lipinski definition) is 8. The minimum absolute atomic E-state index is 0.0961. The second-order valence-corrected chi connectivity index (χ2v) is 34.2. The molecule has 0 unspecified atom stereocenters. The second-order valence-electron chi connectivity index (χ2n) is 34.2. The molecule has 3 fully saturated rings. The molecule has 0 N–H and O–H groups in total. The maximum Gasteiger partial charge on any atom is 0.227 e. The third kappa shape index (κ3) is 15.0. The fourth-order valence-corrected chi connectivity index (χ4v) is 18.9. The van der Waals surface area contributed by atoms with Crippen LogP contribution in [0.5, 0.6) is 0 Å². The number of nitrogens with zero attached hydrogens (tertiary/aromatic N) is 8. The highest BCUT2D eigenvalue weighted by atomic mass is 16.4. The van der Waals surface area contributed by atoms with Gasteiger partial charge < -0.3 is 17.7 Å². The van der Waals surface area contributed by atoms with Crippen molar-refractivity contribution in [2.45, 2.75) is 150 Å². The highest BCUT2D eigenvalue weighted by Gasteiger charge is 2.28. The molecule has 3 aliphatic rings. The van der Waals surface area contributed by atoms with Crippen molar-refractivity contribution in [1.29, 1.82) is 0 Å². The van der Waals surface area contributed by atoms with E-state index in [-0.39, 0.29) is 11.8 Å². The van der Waals surface area contributed by atoms with Crippen molar-refractivity contribution >= 4 is 132 Å². The Morgan fingerprint density at radius 2 is 0.620 bits per heavy atom. The minimum atomic E-state index is -1.40. The molecular weight excluding hydrogens is 1490 g/mol. The van der Waals surface area contributed by atoms with Crippen molar-refractivity contribution in [3.63, 3.8) is 0 Å². The van der Waals surface area contributed by atoms with E-state index in [0.29, 0.717) is 28.4 Å². The van der Waals surface area contributed by atoms with Crippen LogP contribution in [-0.2, 0) is 40.9 Å². The van der Waals surface area contributed by atoms with E-state index in [1.54, 1.807) is 0 Å². The zero-order chi connectivity index (χ0) is 87.7. The molecule has 12 heterocycles. The van der Waals surface area contributed by atoms with Crippen molar-refractivity contribution in [1.82, 2.24) is 19.9 Å². The molecule has 20 aromatic rings. The fraction of sp³-hybridized carbons (Fsp3) is 0.266. The maximum atomic E-state index is 9.10. The number of fused-ring (bicyclic) bond motifs is 16. The van der Waals surface area contributed by atoms with E-state index in [9.17, 15) is 0 Å². The van der Waals surface area contributed by atoms with Gasteiger partial charge in [0.05, 0.1) is 22.1 Å². The first-order chi connectivity index (χ1) is 61.2. The molecule has 0 atom stereocenters. The molecule has 121 heavy (non-hydrogen) atoms. The molecular formula is C109H104N8O4+4. The Bertz CT molecular complexity index is 7590. The maximum absolute atomic E-state index is 9.10. The van der Waals surface area contributed by atoms with Gasteiger partial charge in [-0.25, -0.2) is 38.2 Å². The lowest BCUT2D eigenvalue weighted by molar-refractivity contribution is -0.660. The van der Waals surface area contributed by atoms with Crippen molar-refractivity contribution in [3.8, 4) is 45.0 Å². The van der Waals surface area contributed by atoms with Crippen LogP contribution in [0.15, 0.2) is 261 Å². The first kappa shape index (κ1) is 70.1. The highest BCUT2D eigenvalue weighted by molar-refractivity contribution is 6.12. The summed E-state index contributed by atoms with van der Waals surface area (Å²) in [4.78, 5) is 18.9. The van der Waals surface area contributed by atoms with Crippen LogP contribution in [-0.4, -0.2) is 19.9 Å². The van der Waals surface area contributed by atoms with Crippen LogP contribution in [0.2, 0.25) is 0 Å². The highest BCUT2D eigenvalue weighted by Crippen LogP contribution is 2.43. The third-order valence-corrected chi connectivity index (χ3v) is 25.4. The summed E-state index contributed by atoms with van der Waals surface area (Å²) in [6.45, 7) is 12.2. The van der Waals surface area contributed by atoms with Gasteiger partial charge in [-0.05, 0) is 231 Å². The van der Waals surface area contributed by atoms with Crippen LogP contribution >= 0.6 is 0 Å². The average molecular weight is 1600 g/mol. The van der Waals surface area contributed by atoms with Gasteiger partial charge in [0.2, 0.25) is 45.6 Å². The van der Waals surface area contributed by atoms with Gasteiger partial charge in [-0.2, -0.15) is 0 Å². The van der Waals surface area contributed by atoms with E-state index < -0.39 is 24.5 Å². The summed E-state index contributed by atoms with van der Waals surface area (Å²) in [5.41, 5.74) is 26.8. The topological polar surface area (TPSA) is 120 Å². The van der Waals surface area contributed by atoms with Crippen LogP contribution in [0.1, 0.15) is 162 Å². The molecule has 0 amide bonds. The van der Waals surface area contributed by atoms with Gasteiger partial charge in [-0.15, -0.1) is 0 Å². The van der Waals surface area contributed by atoms with E-state index in [0.717, 1.165) is 259 Å². The standard InChI is InChI=1S/2C28H27N2O.C27H25N2O.C26H25N2O/c1-18-13-27-23(24-16-21-9-5-6-10-25(21)29-28(24)31-27)17-22(18)26-15-20(11-12-30(26)2)14-19-7-3-4-8-19;1-18-14-27-23(24-15-21-10-6-7-11-25(21)29-28(24)31-27)17-22(18)26-16-20(12-13-30(26)2)19-8-4-3-5-9-19;1-17-13-26-22(23-14-20-9-5-6-10-24(20)28-27(23)30-26)16-21(17)25-15-19(11-12-29(25)2)18-7-3-4-8-18;1-16(2)11-18-9-10-28(4)24(13-18)20-15-21-22-14-19-7-5-6-8-23(19)27-26(22)29-25(21)12-17(20)3/h5-6,9-13,15-17,19H,3-4,7-8,14H2,1-2H3;6-7,10-17,19H,3-5,8-9H2,1-2H3;5-6,9-16,18H,3-4,7-8H2,1-2H3;5-10,12-16H,11H2,1-4H3/q4*+1/i14D2;19D;18D;11D2. The van der Waals surface area contributed by atoms with Crippen LogP contribution < -0.4 is 18.3 Å². The summed E-state index contributed by atoms with van der Waals surface area (Å²) in [5, 5.41) is 12.7. The van der Waals surface area contributed by atoms with Gasteiger partial charge in [0.15, 0.2) is 24.8 Å². The van der Waals surface area contributed by atoms with Gasteiger partial charge in [0.1, 0.15) is 50.5 Å². The quantitative estimate of drug-likeness (QED) is 0.124. The molecule has 600 valence electrons. The van der Waals surface area contributed by atoms with E-state index in [1.807, 2.05) is 142 Å². The van der Waals surface area contributed by atoms with Crippen LogP contribution in [0.3, 0.4) is 0 Å². The summed E-state index contributed by atoms with van der Waals surface area (Å²) in [7, 11) is 8.19. The van der Waals surface area contributed by atoms with Crippen LogP contribution in [0, 0.1) is 39.5 Å². The molecule has 3 aliphatic carbocycles. The van der Waals surface area contributed by atoms with E-state index in [2.05, 4.69) is 189 Å². The third-order valence-electron chi connectivity index (χ3n) is 25.4. The summed E-state index contributed by atoms with van der Waals surface area (Å²) >= 11 is 0. The molecule has 0 aliphatic heterocycles. The zero-order valence-corrected chi connectivity index (χ0v) is 70.7. The molecule has 12 nitrogen and oxygen atoms in total. The number of para-hydroxylation sites is 4. The number of hydrogen-bond donors (Lipinski definition) is 0. The normalized spacial score (nSPS) is 15.8. The lowest BCUT2D eigenvalue weighted by atomic mass is 9.84. The first-order valence-electron chi connectivity index (χ1n) is 46.1. The summed E-state index contributed by atoms with van der Waals surface area (Å²) in [6.07, 6.45) is 19.3. The predicted octanol–water partition coefficient (Wildman–Crippen LogP) is 26.4. The Morgan fingerprint density at radius 1 is 0.331 bits per heavy atom. The van der Waals surface area contributed by atoms with Gasteiger partial charge in [0, 0.05) is 144 Å². The van der Waals surface area contributed by atoms with Gasteiger partial charge in [0.25, 0.3) is 0 Å². The molecule has 3 saturated carbocycles. The minimum Gasteiger partial charge on any atom is -0.438 e. The smallest absolute Gasteiger partial charge is 0.227 e. The van der Waals surface area contributed by atoms with E-state index >= 15 is 0 Å².